The molecule has 1 atom stereocenters. The van der Waals surface area contributed by atoms with E-state index in [1.54, 1.807) is 0 Å². The first-order chi connectivity index (χ1) is 9.87. The molecule has 0 bridgehead atoms. The molecule has 1 aliphatic rings. The third kappa shape index (κ3) is 2.96. The van der Waals surface area contributed by atoms with Crippen LogP contribution in [0, 0.1) is 17.0 Å². The van der Waals surface area contributed by atoms with Gasteiger partial charge in [-0.05, 0) is 31.4 Å². The maximum absolute atomic E-state index is 12.7. The Balaban J connectivity index is 2.43. The van der Waals surface area contributed by atoms with Gasteiger partial charge in [0.15, 0.2) is 0 Å². The lowest BCUT2D eigenvalue weighted by atomic mass is 10.1. The van der Waals surface area contributed by atoms with Crippen LogP contribution in [0.3, 0.4) is 0 Å². The van der Waals surface area contributed by atoms with Crippen LogP contribution >= 0.6 is 0 Å². The van der Waals surface area contributed by atoms with Crippen molar-refractivity contribution in [1.82, 2.24) is 4.31 Å². The predicted octanol–water partition coefficient (Wildman–Crippen LogP) is 1.65. The number of piperidine rings is 1. The second-order valence-corrected chi connectivity index (χ2v) is 6.88. The average Bonchev–Trinajstić information content (AvgIpc) is 2.46. The zero-order valence-electron chi connectivity index (χ0n) is 11.6. The summed E-state index contributed by atoms with van der Waals surface area (Å²) >= 11 is 0. The van der Waals surface area contributed by atoms with Crippen LogP contribution in [0.2, 0.25) is 0 Å². The van der Waals surface area contributed by atoms with E-state index in [9.17, 15) is 23.3 Å². The molecule has 0 saturated carbocycles. The Bertz CT molecular complexity index is 671. The molecule has 1 aliphatic heterocycles. The summed E-state index contributed by atoms with van der Waals surface area (Å²) in [5.41, 5.74) is 0.149. The predicted molar refractivity (Wildman–Crippen MR) is 75.4 cm³/mol. The second kappa shape index (κ2) is 5.90. The largest absolute Gasteiger partial charge is 0.302 e. The lowest BCUT2D eigenvalue weighted by Crippen LogP contribution is -2.44. The smallest absolute Gasteiger partial charge is 0.269 e. The lowest BCUT2D eigenvalue weighted by molar-refractivity contribution is -0.385. The average molecular weight is 312 g/mol. The summed E-state index contributed by atoms with van der Waals surface area (Å²) in [4.78, 5) is 21.2. The summed E-state index contributed by atoms with van der Waals surface area (Å²) in [6.45, 7) is 1.81. The Kier molecular flexibility index (Phi) is 4.38. The molecule has 114 valence electrons. The Morgan fingerprint density at radius 2 is 2.10 bits per heavy atom. The second-order valence-electron chi connectivity index (χ2n) is 5.02. The van der Waals surface area contributed by atoms with E-state index in [4.69, 9.17) is 0 Å². The number of hydrogen-bond acceptors (Lipinski definition) is 5. The first kappa shape index (κ1) is 15.6. The molecule has 1 fully saturated rings. The minimum Gasteiger partial charge on any atom is -0.302 e. The van der Waals surface area contributed by atoms with Crippen molar-refractivity contribution in [3.63, 3.8) is 0 Å². The number of aldehydes is 1. The molecule has 0 aromatic heterocycles. The van der Waals surface area contributed by atoms with Crippen molar-refractivity contribution in [3.8, 4) is 0 Å². The monoisotopic (exact) mass is 312 g/mol. The molecule has 0 spiro atoms. The van der Waals surface area contributed by atoms with E-state index < -0.39 is 21.0 Å². The van der Waals surface area contributed by atoms with Crippen LogP contribution in [0.5, 0.6) is 0 Å². The van der Waals surface area contributed by atoms with Crippen LogP contribution < -0.4 is 0 Å². The summed E-state index contributed by atoms with van der Waals surface area (Å²) < 4.78 is 26.5. The van der Waals surface area contributed by atoms with Gasteiger partial charge in [-0.1, -0.05) is 6.42 Å². The van der Waals surface area contributed by atoms with Gasteiger partial charge in [-0.25, -0.2) is 8.42 Å². The van der Waals surface area contributed by atoms with Gasteiger partial charge in [0, 0.05) is 18.7 Å². The highest BCUT2D eigenvalue weighted by molar-refractivity contribution is 7.89. The number of non-ortho nitro benzene ring substituents is 1. The molecule has 0 N–H and O–H groups in total. The molecule has 1 unspecified atom stereocenters. The van der Waals surface area contributed by atoms with Crippen molar-refractivity contribution >= 4 is 22.0 Å². The number of nitrogens with zero attached hydrogens (tertiary/aromatic N) is 2. The van der Waals surface area contributed by atoms with Gasteiger partial charge >= 0.3 is 0 Å². The molecule has 8 heteroatoms. The number of carbonyl (C=O) groups is 1. The number of nitro groups is 1. The maximum Gasteiger partial charge on any atom is 0.269 e. The van der Waals surface area contributed by atoms with Crippen LogP contribution in [0.1, 0.15) is 24.8 Å². The summed E-state index contributed by atoms with van der Waals surface area (Å²) in [5.74, 6) is 0. The van der Waals surface area contributed by atoms with Crippen molar-refractivity contribution in [2.45, 2.75) is 37.1 Å². The molecule has 21 heavy (non-hydrogen) atoms. The highest BCUT2D eigenvalue weighted by atomic mass is 32.2. The van der Waals surface area contributed by atoms with E-state index in [-0.39, 0.29) is 10.6 Å². The van der Waals surface area contributed by atoms with Gasteiger partial charge in [0.25, 0.3) is 5.69 Å². The molecule has 7 nitrogen and oxygen atoms in total. The van der Waals surface area contributed by atoms with Gasteiger partial charge in [0.05, 0.1) is 15.9 Å². The van der Waals surface area contributed by atoms with Gasteiger partial charge < -0.3 is 4.79 Å². The molecule has 0 radical (unpaired) electrons. The number of aryl methyl sites for hydroxylation is 1. The maximum atomic E-state index is 12.7. The minimum absolute atomic E-state index is 0.0156. The third-order valence-electron chi connectivity index (χ3n) is 3.61. The first-order valence-electron chi connectivity index (χ1n) is 6.60. The summed E-state index contributed by atoms with van der Waals surface area (Å²) in [6, 6.07) is 2.98. The van der Waals surface area contributed by atoms with E-state index in [0.29, 0.717) is 31.2 Å². The van der Waals surface area contributed by atoms with Gasteiger partial charge in [0.2, 0.25) is 10.0 Å². The molecule has 2 rings (SSSR count). The summed E-state index contributed by atoms with van der Waals surface area (Å²) in [5, 5.41) is 10.7. The van der Waals surface area contributed by atoms with Gasteiger partial charge in [0.1, 0.15) is 6.29 Å². The lowest BCUT2D eigenvalue weighted by Gasteiger charge is -2.31. The van der Waals surface area contributed by atoms with Crippen LogP contribution in [0.4, 0.5) is 5.69 Å². The molecule has 1 heterocycles. The van der Waals surface area contributed by atoms with E-state index in [1.165, 1.54) is 29.4 Å². The molecule has 1 aromatic carbocycles. The topological polar surface area (TPSA) is 97.6 Å². The highest BCUT2D eigenvalue weighted by Gasteiger charge is 2.34. The number of carbonyl (C=O) groups excluding carboxylic acids is 1. The number of hydrogen-bond donors (Lipinski definition) is 0. The summed E-state index contributed by atoms with van der Waals surface area (Å²) in [6.07, 6.45) is 2.68. The molecule has 0 amide bonds. The van der Waals surface area contributed by atoms with E-state index in [0.717, 1.165) is 6.42 Å². The van der Waals surface area contributed by atoms with E-state index in [2.05, 4.69) is 0 Å². The fourth-order valence-corrected chi connectivity index (χ4v) is 4.37. The van der Waals surface area contributed by atoms with Crippen LogP contribution in [-0.4, -0.2) is 36.5 Å². The van der Waals surface area contributed by atoms with E-state index in [1.807, 2.05) is 0 Å². The van der Waals surface area contributed by atoms with Crippen LogP contribution in [0.25, 0.3) is 0 Å². The third-order valence-corrected chi connectivity index (χ3v) is 5.70. The van der Waals surface area contributed by atoms with Crippen molar-refractivity contribution < 1.29 is 18.1 Å². The summed E-state index contributed by atoms with van der Waals surface area (Å²) in [7, 11) is -3.82. The molecule has 1 aromatic rings. The van der Waals surface area contributed by atoms with Crippen molar-refractivity contribution in [1.29, 1.82) is 0 Å². The zero-order chi connectivity index (χ0) is 15.6. The SMILES string of the molecule is Cc1cc([N+](=O)[O-])ccc1S(=O)(=O)N1CCCCC1C=O. The quantitative estimate of drug-likeness (QED) is 0.478. The molecular formula is C13H16N2O5S. The normalized spacial score (nSPS) is 20.1. The fraction of sp³-hybridized carbons (Fsp3) is 0.462. The minimum atomic E-state index is -3.82. The molecular weight excluding hydrogens is 296 g/mol. The molecule has 0 aliphatic carbocycles. The molecule has 1 saturated heterocycles. The Morgan fingerprint density at radius 1 is 1.38 bits per heavy atom. The number of rotatable bonds is 4. The highest BCUT2D eigenvalue weighted by Crippen LogP contribution is 2.28. The number of benzene rings is 1. The zero-order valence-corrected chi connectivity index (χ0v) is 12.4. The van der Waals surface area contributed by atoms with Gasteiger partial charge in [-0.15, -0.1) is 0 Å². The van der Waals surface area contributed by atoms with Crippen molar-refractivity contribution in [2.24, 2.45) is 0 Å². The van der Waals surface area contributed by atoms with Gasteiger partial charge in [-0.2, -0.15) is 4.31 Å². The first-order valence-corrected chi connectivity index (χ1v) is 8.04. The van der Waals surface area contributed by atoms with Crippen LogP contribution in [0.15, 0.2) is 23.1 Å². The van der Waals surface area contributed by atoms with Crippen molar-refractivity contribution in [3.05, 3.63) is 33.9 Å². The number of sulfonamides is 1. The fourth-order valence-electron chi connectivity index (χ4n) is 2.53. The number of nitro benzene ring substituents is 1. The van der Waals surface area contributed by atoms with Crippen LogP contribution in [-0.2, 0) is 14.8 Å². The standard InChI is InChI=1S/C13H16N2O5S/c1-10-8-11(15(17)18)5-6-13(10)21(19,20)14-7-3-2-4-12(14)9-16/h5-6,8-9,12H,2-4,7H2,1H3. The van der Waals surface area contributed by atoms with Gasteiger partial charge in [-0.3, -0.25) is 10.1 Å². The van der Waals surface area contributed by atoms with Crippen molar-refractivity contribution in [2.75, 3.05) is 6.54 Å². The Hall–Kier alpha value is -1.80. The van der Waals surface area contributed by atoms with E-state index >= 15 is 0 Å². The Labute approximate surface area is 122 Å². The Morgan fingerprint density at radius 3 is 2.67 bits per heavy atom.